The van der Waals surface area contributed by atoms with E-state index in [9.17, 15) is 16.8 Å². The normalized spacial score (nSPS) is 12.2. The first-order valence-corrected chi connectivity index (χ1v) is 15.8. The van der Waals surface area contributed by atoms with Crippen LogP contribution in [0.2, 0.25) is 0 Å². The van der Waals surface area contributed by atoms with E-state index in [0.717, 1.165) is 36.9 Å². The Morgan fingerprint density at radius 2 is 1.55 bits per heavy atom. The van der Waals surface area contributed by atoms with Gasteiger partial charge in [-0.3, -0.25) is 4.98 Å². The summed E-state index contributed by atoms with van der Waals surface area (Å²) in [6, 6.07) is 16.9. The smallest absolute Gasteiger partial charge is 0.206 e. The topological polar surface area (TPSA) is 122 Å². The van der Waals surface area contributed by atoms with E-state index in [1.807, 2.05) is 18.0 Å². The van der Waals surface area contributed by atoms with Gasteiger partial charge in [0.15, 0.2) is 0 Å². The van der Waals surface area contributed by atoms with Crippen molar-refractivity contribution in [1.29, 1.82) is 0 Å². The predicted octanol–water partition coefficient (Wildman–Crippen LogP) is 3.90. The van der Waals surface area contributed by atoms with Crippen molar-refractivity contribution in [2.75, 3.05) is 37.5 Å². The summed E-state index contributed by atoms with van der Waals surface area (Å²) in [7, 11) is -4.62. The molecule has 2 aromatic carbocycles. The van der Waals surface area contributed by atoms with Crippen LogP contribution in [0.25, 0.3) is 10.9 Å². The second-order valence-electron chi connectivity index (χ2n) is 9.27. The maximum Gasteiger partial charge on any atom is 0.206 e. The summed E-state index contributed by atoms with van der Waals surface area (Å²) in [6.45, 7) is 1.34. The molecule has 2 heterocycles. The quantitative estimate of drug-likeness (QED) is 0.260. The first-order valence-electron chi connectivity index (χ1n) is 12.2. The number of sulfone groups is 2. The second kappa shape index (κ2) is 12.0. The van der Waals surface area contributed by atoms with Crippen LogP contribution in [0, 0.1) is 0 Å². The minimum atomic E-state index is -3.59. The molecule has 4 aromatic rings. The lowest BCUT2D eigenvalue weighted by molar-refractivity contribution is 0.344. The summed E-state index contributed by atoms with van der Waals surface area (Å²) in [4.78, 5) is 15.7. The van der Waals surface area contributed by atoms with Gasteiger partial charge in [-0.15, -0.1) is 0 Å². The zero-order chi connectivity index (χ0) is 27.2. The Kier molecular flexibility index (Phi) is 8.70. The fourth-order valence-corrected chi connectivity index (χ4v) is 5.88. The van der Waals surface area contributed by atoms with Crippen LogP contribution in [0.3, 0.4) is 0 Å². The monoisotopic (exact) mass is 553 g/mol. The Balaban J connectivity index is 1.41. The number of pyridine rings is 1. The van der Waals surface area contributed by atoms with Gasteiger partial charge in [-0.2, -0.15) is 0 Å². The van der Waals surface area contributed by atoms with Gasteiger partial charge in [0.25, 0.3) is 0 Å². The molecule has 2 aromatic heterocycles. The fraction of sp³-hybridized carbons (Fsp3) is 0.296. The fourth-order valence-electron chi connectivity index (χ4n) is 3.95. The lowest BCUT2D eigenvalue weighted by atomic mass is 10.1. The third-order valence-electron chi connectivity index (χ3n) is 6.13. The molecule has 0 radical (unpaired) electrons. The maximum absolute atomic E-state index is 12.9. The molecular weight excluding hydrogens is 522 g/mol. The molecule has 38 heavy (non-hydrogen) atoms. The molecule has 0 saturated carbocycles. The van der Waals surface area contributed by atoms with Crippen molar-refractivity contribution < 1.29 is 16.8 Å². The third kappa shape index (κ3) is 7.33. The highest BCUT2D eigenvalue weighted by Crippen LogP contribution is 2.26. The molecule has 0 aliphatic carbocycles. The number of benzene rings is 2. The molecule has 0 atom stereocenters. The molecule has 11 heteroatoms. The van der Waals surface area contributed by atoms with E-state index in [-0.39, 0.29) is 15.5 Å². The number of hydrogen-bond acceptors (Lipinski definition) is 9. The molecule has 0 saturated heterocycles. The van der Waals surface area contributed by atoms with Gasteiger partial charge in [-0.1, -0.05) is 18.2 Å². The molecule has 0 amide bonds. The molecular formula is C27H31N5O4S2. The average Bonchev–Trinajstić information content (AvgIpc) is 2.90. The Morgan fingerprint density at radius 3 is 2.26 bits per heavy atom. The van der Waals surface area contributed by atoms with Crippen molar-refractivity contribution in [3.8, 4) is 0 Å². The van der Waals surface area contributed by atoms with Crippen LogP contribution in [-0.4, -0.2) is 68.8 Å². The standard InChI is InChI=1S/C27H31N5O4S2/c1-32(16-17-37(2,33)34)15-7-6-8-22-18-25-26(19-28-22)29-20-30-27(25)31-21-11-13-24(14-12-21)38(35,36)23-9-4-3-5-10-23/h3-5,9-14,18-20H,6-8,15-17H2,1-2H3,(H,29,30,31). The number of nitrogens with zero attached hydrogens (tertiary/aromatic N) is 4. The number of rotatable bonds is 12. The number of aromatic nitrogens is 3. The summed E-state index contributed by atoms with van der Waals surface area (Å²) >= 11 is 0. The first kappa shape index (κ1) is 27.6. The summed E-state index contributed by atoms with van der Waals surface area (Å²) in [5.41, 5.74) is 2.32. The predicted molar refractivity (Wildman–Crippen MR) is 149 cm³/mol. The van der Waals surface area contributed by atoms with Gasteiger partial charge in [0, 0.05) is 29.6 Å². The van der Waals surface area contributed by atoms with E-state index in [2.05, 4.69) is 20.3 Å². The van der Waals surface area contributed by atoms with Gasteiger partial charge in [0.2, 0.25) is 9.84 Å². The van der Waals surface area contributed by atoms with E-state index in [0.29, 0.717) is 23.6 Å². The Labute approximate surface area is 223 Å². The highest BCUT2D eigenvalue weighted by atomic mass is 32.2. The van der Waals surface area contributed by atoms with E-state index in [1.54, 1.807) is 60.8 Å². The number of fused-ring (bicyclic) bond motifs is 1. The van der Waals surface area contributed by atoms with Crippen molar-refractivity contribution in [3.63, 3.8) is 0 Å². The van der Waals surface area contributed by atoms with Crippen LogP contribution < -0.4 is 5.32 Å². The second-order valence-corrected chi connectivity index (χ2v) is 13.5. The molecule has 0 unspecified atom stereocenters. The Morgan fingerprint density at radius 1 is 0.842 bits per heavy atom. The van der Waals surface area contributed by atoms with Crippen LogP contribution in [0.4, 0.5) is 11.5 Å². The molecule has 0 fully saturated rings. The van der Waals surface area contributed by atoms with Gasteiger partial charge in [-0.25, -0.2) is 26.8 Å². The summed E-state index contributed by atoms with van der Waals surface area (Å²) in [5, 5.41) is 4.09. The maximum atomic E-state index is 12.9. The lowest BCUT2D eigenvalue weighted by Gasteiger charge is -2.15. The minimum absolute atomic E-state index is 0.164. The van der Waals surface area contributed by atoms with Crippen LogP contribution in [0.5, 0.6) is 0 Å². The van der Waals surface area contributed by atoms with Crippen molar-refractivity contribution in [2.45, 2.75) is 29.1 Å². The summed E-state index contributed by atoms with van der Waals surface area (Å²) in [6.07, 6.45) is 7.06. The number of unbranched alkanes of at least 4 members (excludes halogenated alkanes) is 1. The zero-order valence-corrected chi connectivity index (χ0v) is 23.0. The Bertz CT molecular complexity index is 1590. The molecule has 0 bridgehead atoms. The summed E-state index contributed by atoms with van der Waals surface area (Å²) < 4.78 is 48.4. The molecule has 0 aliphatic heterocycles. The minimum Gasteiger partial charge on any atom is -0.340 e. The highest BCUT2D eigenvalue weighted by molar-refractivity contribution is 7.91. The lowest BCUT2D eigenvalue weighted by Crippen LogP contribution is -2.26. The van der Waals surface area contributed by atoms with E-state index in [4.69, 9.17) is 0 Å². The van der Waals surface area contributed by atoms with Crippen molar-refractivity contribution >= 4 is 42.1 Å². The largest absolute Gasteiger partial charge is 0.340 e. The SMILES string of the molecule is CN(CCCCc1cc2c(Nc3ccc(S(=O)(=O)c4ccccc4)cc3)ncnc2cn1)CCS(C)(=O)=O. The van der Waals surface area contributed by atoms with Gasteiger partial charge in [0.1, 0.15) is 22.0 Å². The highest BCUT2D eigenvalue weighted by Gasteiger charge is 2.17. The van der Waals surface area contributed by atoms with E-state index < -0.39 is 19.7 Å². The summed E-state index contributed by atoms with van der Waals surface area (Å²) in [5.74, 6) is 0.773. The zero-order valence-electron chi connectivity index (χ0n) is 21.4. The van der Waals surface area contributed by atoms with E-state index >= 15 is 0 Å². The molecule has 4 rings (SSSR count). The number of anilines is 2. The van der Waals surface area contributed by atoms with Crippen molar-refractivity contribution in [1.82, 2.24) is 19.9 Å². The Hall–Kier alpha value is -3.41. The van der Waals surface area contributed by atoms with Gasteiger partial charge in [-0.05, 0) is 75.3 Å². The number of aryl methyl sites for hydroxylation is 1. The van der Waals surface area contributed by atoms with Crippen LogP contribution in [0.1, 0.15) is 18.5 Å². The van der Waals surface area contributed by atoms with Crippen LogP contribution >= 0.6 is 0 Å². The average molecular weight is 554 g/mol. The van der Waals surface area contributed by atoms with Gasteiger partial charge in [0.05, 0.1) is 27.3 Å². The van der Waals surface area contributed by atoms with Crippen molar-refractivity contribution in [3.05, 3.63) is 78.9 Å². The first-order chi connectivity index (χ1) is 18.1. The van der Waals surface area contributed by atoms with Gasteiger partial charge < -0.3 is 10.2 Å². The number of nitrogens with one attached hydrogen (secondary N) is 1. The van der Waals surface area contributed by atoms with Crippen LogP contribution in [-0.2, 0) is 26.1 Å². The third-order valence-corrected chi connectivity index (χ3v) is 8.84. The van der Waals surface area contributed by atoms with Crippen molar-refractivity contribution in [2.24, 2.45) is 0 Å². The number of hydrogen-bond donors (Lipinski definition) is 1. The van der Waals surface area contributed by atoms with Gasteiger partial charge >= 0.3 is 0 Å². The van der Waals surface area contributed by atoms with Crippen LogP contribution in [0.15, 0.2) is 83.0 Å². The molecule has 0 spiro atoms. The molecule has 1 N–H and O–H groups in total. The molecule has 200 valence electrons. The molecule has 0 aliphatic rings. The molecule has 9 nitrogen and oxygen atoms in total. The van der Waals surface area contributed by atoms with E-state index in [1.165, 1.54) is 12.6 Å².